The monoisotopic (exact) mass is 303 g/mol. The van der Waals surface area contributed by atoms with Crippen molar-refractivity contribution in [1.29, 1.82) is 0 Å². The van der Waals surface area contributed by atoms with Crippen LogP contribution in [0, 0.1) is 6.92 Å². The number of aliphatic hydroxyl groups is 1. The number of hydrogen-bond acceptors (Lipinski definition) is 4. The zero-order valence-corrected chi connectivity index (χ0v) is 12.7. The Hall–Kier alpha value is -1.65. The predicted octanol–water partition coefficient (Wildman–Crippen LogP) is 2.93. The summed E-state index contributed by atoms with van der Waals surface area (Å²) in [6.07, 6.45) is 4.55. The Labute approximate surface area is 129 Å². The molecule has 0 bridgehead atoms. The van der Waals surface area contributed by atoms with Gasteiger partial charge in [-0.15, -0.1) is 0 Å². The number of benzene rings is 1. The standard InChI is InChI=1S/C16H18ClN3O/c1-12-4-2-3-5-14(12)16(21)6-8-20(9-7-16)15-18-10-13(17)11-19-15/h2-5,10-11,21H,6-9H2,1H3. The lowest BCUT2D eigenvalue weighted by atomic mass is 9.82. The minimum Gasteiger partial charge on any atom is -0.385 e. The second-order valence-electron chi connectivity index (χ2n) is 5.53. The van der Waals surface area contributed by atoms with E-state index in [1.54, 1.807) is 12.4 Å². The normalized spacial score (nSPS) is 17.8. The number of anilines is 1. The van der Waals surface area contributed by atoms with Crippen LogP contribution < -0.4 is 4.90 Å². The van der Waals surface area contributed by atoms with E-state index in [1.807, 2.05) is 31.2 Å². The highest BCUT2D eigenvalue weighted by atomic mass is 35.5. The Morgan fingerprint density at radius 1 is 1.14 bits per heavy atom. The fourth-order valence-electron chi connectivity index (χ4n) is 2.91. The maximum absolute atomic E-state index is 10.9. The maximum Gasteiger partial charge on any atom is 0.225 e. The van der Waals surface area contributed by atoms with Crippen molar-refractivity contribution in [3.05, 3.63) is 52.8 Å². The Balaban J connectivity index is 1.75. The van der Waals surface area contributed by atoms with Crippen molar-refractivity contribution >= 4 is 17.5 Å². The molecule has 0 radical (unpaired) electrons. The molecule has 3 rings (SSSR count). The van der Waals surface area contributed by atoms with Crippen LogP contribution in [-0.2, 0) is 5.60 Å². The van der Waals surface area contributed by atoms with Crippen molar-refractivity contribution in [1.82, 2.24) is 9.97 Å². The molecule has 21 heavy (non-hydrogen) atoms. The fraction of sp³-hybridized carbons (Fsp3) is 0.375. The van der Waals surface area contributed by atoms with Gasteiger partial charge in [0.15, 0.2) is 0 Å². The summed E-state index contributed by atoms with van der Waals surface area (Å²) in [5.41, 5.74) is 1.41. The van der Waals surface area contributed by atoms with Crippen molar-refractivity contribution in [3.8, 4) is 0 Å². The van der Waals surface area contributed by atoms with E-state index >= 15 is 0 Å². The summed E-state index contributed by atoms with van der Waals surface area (Å²) in [5, 5.41) is 11.5. The van der Waals surface area contributed by atoms with Crippen LogP contribution in [0.25, 0.3) is 0 Å². The second kappa shape index (κ2) is 5.62. The van der Waals surface area contributed by atoms with Gasteiger partial charge in [0.1, 0.15) is 0 Å². The lowest BCUT2D eigenvalue weighted by Gasteiger charge is -2.39. The highest BCUT2D eigenvalue weighted by Gasteiger charge is 2.35. The molecule has 2 aromatic rings. The number of aromatic nitrogens is 2. The van der Waals surface area contributed by atoms with Crippen LogP contribution in [0.3, 0.4) is 0 Å². The van der Waals surface area contributed by atoms with Gasteiger partial charge in [0.2, 0.25) is 5.95 Å². The molecule has 5 heteroatoms. The van der Waals surface area contributed by atoms with Gasteiger partial charge >= 0.3 is 0 Å². The molecule has 0 amide bonds. The zero-order chi connectivity index (χ0) is 14.9. The summed E-state index contributed by atoms with van der Waals surface area (Å²) in [6.45, 7) is 3.50. The molecular weight excluding hydrogens is 286 g/mol. The summed E-state index contributed by atoms with van der Waals surface area (Å²) in [4.78, 5) is 10.6. The Morgan fingerprint density at radius 2 is 1.76 bits per heavy atom. The van der Waals surface area contributed by atoms with Crippen molar-refractivity contribution in [2.75, 3.05) is 18.0 Å². The van der Waals surface area contributed by atoms with E-state index in [0.29, 0.717) is 23.8 Å². The Kier molecular flexibility index (Phi) is 3.83. The van der Waals surface area contributed by atoms with Crippen LogP contribution in [0.4, 0.5) is 5.95 Å². The molecule has 1 aliphatic heterocycles. The van der Waals surface area contributed by atoms with Crippen LogP contribution in [0.2, 0.25) is 5.02 Å². The van der Waals surface area contributed by atoms with Crippen molar-refractivity contribution in [3.63, 3.8) is 0 Å². The molecule has 4 nitrogen and oxygen atoms in total. The van der Waals surface area contributed by atoms with Crippen LogP contribution in [0.5, 0.6) is 0 Å². The van der Waals surface area contributed by atoms with E-state index in [4.69, 9.17) is 11.6 Å². The van der Waals surface area contributed by atoms with Crippen LogP contribution in [0.1, 0.15) is 24.0 Å². The third kappa shape index (κ3) is 2.87. The van der Waals surface area contributed by atoms with Gasteiger partial charge in [-0.05, 0) is 30.9 Å². The number of aryl methyl sites for hydroxylation is 1. The van der Waals surface area contributed by atoms with E-state index in [0.717, 1.165) is 24.2 Å². The van der Waals surface area contributed by atoms with E-state index in [2.05, 4.69) is 14.9 Å². The third-order valence-electron chi connectivity index (χ3n) is 4.13. The minimum absolute atomic E-state index is 0.534. The van der Waals surface area contributed by atoms with E-state index < -0.39 is 5.60 Å². The van der Waals surface area contributed by atoms with Gasteiger partial charge < -0.3 is 10.0 Å². The molecule has 0 spiro atoms. The van der Waals surface area contributed by atoms with Crippen LogP contribution in [-0.4, -0.2) is 28.2 Å². The smallest absolute Gasteiger partial charge is 0.225 e. The highest BCUT2D eigenvalue weighted by Crippen LogP contribution is 2.35. The average molecular weight is 304 g/mol. The molecular formula is C16H18ClN3O. The number of halogens is 1. The summed E-state index contributed by atoms with van der Waals surface area (Å²) < 4.78 is 0. The fourth-order valence-corrected chi connectivity index (χ4v) is 3.01. The molecule has 110 valence electrons. The van der Waals surface area contributed by atoms with Gasteiger partial charge in [-0.2, -0.15) is 0 Å². The van der Waals surface area contributed by atoms with Crippen molar-refractivity contribution < 1.29 is 5.11 Å². The second-order valence-corrected chi connectivity index (χ2v) is 5.97. The largest absolute Gasteiger partial charge is 0.385 e. The summed E-state index contributed by atoms with van der Waals surface area (Å²) >= 11 is 5.81. The average Bonchev–Trinajstić information content (AvgIpc) is 2.49. The van der Waals surface area contributed by atoms with E-state index in [9.17, 15) is 5.11 Å². The highest BCUT2D eigenvalue weighted by molar-refractivity contribution is 6.30. The Bertz CT molecular complexity index is 622. The van der Waals surface area contributed by atoms with Gasteiger partial charge in [0.05, 0.1) is 23.0 Å². The number of hydrogen-bond donors (Lipinski definition) is 1. The van der Waals surface area contributed by atoms with Gasteiger partial charge in [0, 0.05) is 13.1 Å². The zero-order valence-electron chi connectivity index (χ0n) is 12.0. The first-order chi connectivity index (χ1) is 10.1. The summed E-state index contributed by atoms with van der Waals surface area (Å²) in [6, 6.07) is 8.04. The molecule has 1 aromatic carbocycles. The lowest BCUT2D eigenvalue weighted by Crippen LogP contribution is -2.43. The molecule has 0 saturated carbocycles. The molecule has 0 atom stereocenters. The molecule has 1 aliphatic rings. The van der Waals surface area contributed by atoms with Gasteiger partial charge in [-0.3, -0.25) is 0 Å². The first kappa shape index (κ1) is 14.3. The van der Waals surface area contributed by atoms with Crippen molar-refractivity contribution in [2.24, 2.45) is 0 Å². The van der Waals surface area contributed by atoms with Crippen LogP contribution in [0.15, 0.2) is 36.7 Å². The number of nitrogens with zero attached hydrogens (tertiary/aromatic N) is 3. The molecule has 0 unspecified atom stereocenters. The number of rotatable bonds is 2. The van der Waals surface area contributed by atoms with Crippen LogP contribution >= 0.6 is 11.6 Å². The molecule has 1 fully saturated rings. The van der Waals surface area contributed by atoms with E-state index in [1.165, 1.54) is 0 Å². The van der Waals surface area contributed by atoms with Gasteiger partial charge in [-0.25, -0.2) is 9.97 Å². The predicted molar refractivity (Wildman–Crippen MR) is 83.6 cm³/mol. The topological polar surface area (TPSA) is 49.2 Å². The first-order valence-electron chi connectivity index (χ1n) is 7.09. The molecule has 2 heterocycles. The van der Waals surface area contributed by atoms with Crippen molar-refractivity contribution in [2.45, 2.75) is 25.4 Å². The summed E-state index contributed by atoms with van der Waals surface area (Å²) in [5.74, 6) is 0.672. The minimum atomic E-state index is -0.756. The Morgan fingerprint density at radius 3 is 2.38 bits per heavy atom. The maximum atomic E-state index is 10.9. The number of piperidine rings is 1. The van der Waals surface area contributed by atoms with Gasteiger partial charge in [-0.1, -0.05) is 35.9 Å². The molecule has 1 aromatic heterocycles. The third-order valence-corrected chi connectivity index (χ3v) is 4.32. The SMILES string of the molecule is Cc1ccccc1C1(O)CCN(c2ncc(Cl)cn2)CC1. The molecule has 0 aliphatic carbocycles. The van der Waals surface area contributed by atoms with Gasteiger partial charge in [0.25, 0.3) is 0 Å². The quantitative estimate of drug-likeness (QED) is 0.927. The molecule has 1 N–H and O–H groups in total. The lowest BCUT2D eigenvalue weighted by molar-refractivity contribution is 0.0109. The first-order valence-corrected chi connectivity index (χ1v) is 7.47. The summed E-state index contributed by atoms with van der Waals surface area (Å²) in [7, 11) is 0. The van der Waals surface area contributed by atoms with E-state index in [-0.39, 0.29) is 0 Å². The molecule has 1 saturated heterocycles.